The third kappa shape index (κ3) is 3.40. The molecule has 0 unspecified atom stereocenters. The molecular weight excluding hydrogens is 356 g/mol. The van der Waals surface area contributed by atoms with Gasteiger partial charge in [0.15, 0.2) is 0 Å². The van der Waals surface area contributed by atoms with Crippen molar-refractivity contribution < 1.29 is 4.74 Å². The lowest BCUT2D eigenvalue weighted by atomic mass is 10.3. The van der Waals surface area contributed by atoms with Crippen molar-refractivity contribution >= 4 is 37.4 Å². The van der Waals surface area contributed by atoms with Crippen LogP contribution in [0, 0.1) is 0 Å². The van der Waals surface area contributed by atoms with Crippen molar-refractivity contribution in [3.8, 4) is 5.75 Å². The number of fused-ring (bicyclic) bond motifs is 1. The van der Waals surface area contributed by atoms with Crippen LogP contribution in [0.15, 0.2) is 45.8 Å². The summed E-state index contributed by atoms with van der Waals surface area (Å²) in [4.78, 5) is 16.2. The summed E-state index contributed by atoms with van der Waals surface area (Å²) in [6.45, 7) is 1.08. The zero-order valence-corrected chi connectivity index (χ0v) is 13.2. The molecule has 0 aliphatic rings. The molecule has 3 rings (SSSR count). The first-order valence-corrected chi connectivity index (χ1v) is 7.80. The van der Waals surface area contributed by atoms with Gasteiger partial charge in [-0.25, -0.2) is 4.98 Å². The second-order valence-corrected chi connectivity index (χ2v) is 5.99. The van der Waals surface area contributed by atoms with Crippen LogP contribution in [0.4, 0.5) is 5.13 Å². The Kier molecular flexibility index (Phi) is 4.16. The van der Waals surface area contributed by atoms with E-state index >= 15 is 0 Å². The highest BCUT2D eigenvalue weighted by Gasteiger charge is 2.05. The second-order valence-electron chi connectivity index (χ2n) is 4.12. The van der Waals surface area contributed by atoms with Crippen LogP contribution in [-0.4, -0.2) is 27.7 Å². The monoisotopic (exact) mass is 366 g/mol. The molecule has 6 nitrogen and oxygen atoms in total. The molecule has 8 heteroatoms. The Morgan fingerprint density at radius 2 is 2.29 bits per heavy atom. The predicted octanol–water partition coefficient (Wildman–Crippen LogP) is 2.40. The SMILES string of the molecule is O=c1ccnc2sc(NCCOc3cccc(Br)c3)nn12. The van der Waals surface area contributed by atoms with E-state index in [1.807, 2.05) is 24.3 Å². The third-order valence-electron chi connectivity index (χ3n) is 2.61. The fourth-order valence-electron chi connectivity index (χ4n) is 1.70. The summed E-state index contributed by atoms with van der Waals surface area (Å²) >= 11 is 4.72. The van der Waals surface area contributed by atoms with Crippen LogP contribution in [0.3, 0.4) is 0 Å². The highest BCUT2D eigenvalue weighted by molar-refractivity contribution is 9.10. The number of halogens is 1. The van der Waals surface area contributed by atoms with Gasteiger partial charge in [-0.3, -0.25) is 4.79 Å². The van der Waals surface area contributed by atoms with Crippen LogP contribution in [0.1, 0.15) is 0 Å². The van der Waals surface area contributed by atoms with Crippen LogP contribution in [0.25, 0.3) is 4.96 Å². The standard InChI is InChI=1S/C13H11BrN4O2S/c14-9-2-1-3-10(8-9)20-7-6-15-12-17-18-11(19)4-5-16-13(18)21-12/h1-5,8H,6-7H2,(H,15,17). The minimum absolute atomic E-state index is 0.185. The molecule has 2 aromatic heterocycles. The van der Waals surface area contributed by atoms with Crippen molar-refractivity contribution in [1.82, 2.24) is 14.6 Å². The predicted molar refractivity (Wildman–Crippen MR) is 85.3 cm³/mol. The van der Waals surface area contributed by atoms with Crippen molar-refractivity contribution in [2.45, 2.75) is 0 Å². The highest BCUT2D eigenvalue weighted by Crippen LogP contribution is 2.18. The van der Waals surface area contributed by atoms with Crippen molar-refractivity contribution in [2.75, 3.05) is 18.5 Å². The molecule has 0 amide bonds. The van der Waals surface area contributed by atoms with Gasteiger partial charge in [0.1, 0.15) is 12.4 Å². The summed E-state index contributed by atoms with van der Waals surface area (Å²) in [6.07, 6.45) is 1.48. The summed E-state index contributed by atoms with van der Waals surface area (Å²) in [5.41, 5.74) is -0.185. The maximum Gasteiger partial charge on any atom is 0.275 e. The lowest BCUT2D eigenvalue weighted by Crippen LogP contribution is -2.14. The molecular formula is C13H11BrN4O2S. The lowest BCUT2D eigenvalue weighted by molar-refractivity contribution is 0.332. The van der Waals surface area contributed by atoms with E-state index in [-0.39, 0.29) is 5.56 Å². The zero-order valence-electron chi connectivity index (χ0n) is 10.8. The van der Waals surface area contributed by atoms with Crippen molar-refractivity contribution in [3.63, 3.8) is 0 Å². The molecule has 0 aliphatic heterocycles. The summed E-state index contributed by atoms with van der Waals surface area (Å²) < 4.78 is 7.86. The molecule has 0 saturated heterocycles. The number of aromatic nitrogens is 3. The van der Waals surface area contributed by atoms with Gasteiger partial charge >= 0.3 is 0 Å². The summed E-state index contributed by atoms with van der Waals surface area (Å²) in [5, 5.41) is 7.92. The van der Waals surface area contributed by atoms with Gasteiger partial charge in [0.25, 0.3) is 5.56 Å². The third-order valence-corrected chi connectivity index (χ3v) is 3.99. The summed E-state index contributed by atoms with van der Waals surface area (Å²) in [6, 6.07) is 9.04. The summed E-state index contributed by atoms with van der Waals surface area (Å²) in [5.74, 6) is 0.799. The van der Waals surface area contributed by atoms with E-state index in [1.54, 1.807) is 0 Å². The molecule has 2 heterocycles. The molecule has 108 valence electrons. The molecule has 1 N–H and O–H groups in total. The van der Waals surface area contributed by atoms with Crippen molar-refractivity contribution in [2.24, 2.45) is 0 Å². The molecule has 3 aromatic rings. The number of nitrogens with one attached hydrogen (secondary N) is 1. The quantitative estimate of drug-likeness (QED) is 0.702. The normalized spacial score (nSPS) is 10.7. The number of ether oxygens (including phenoxy) is 1. The van der Waals surface area contributed by atoms with Crippen molar-refractivity contribution in [3.05, 3.63) is 51.4 Å². The van der Waals surface area contributed by atoms with Gasteiger partial charge in [-0.1, -0.05) is 33.3 Å². The zero-order chi connectivity index (χ0) is 14.7. The van der Waals surface area contributed by atoms with Gasteiger partial charge < -0.3 is 10.1 Å². The van der Waals surface area contributed by atoms with E-state index in [0.29, 0.717) is 23.2 Å². The molecule has 0 fully saturated rings. The van der Waals surface area contributed by atoms with Gasteiger partial charge in [-0.15, -0.1) is 5.10 Å². The molecule has 0 bridgehead atoms. The Morgan fingerprint density at radius 3 is 3.10 bits per heavy atom. The largest absolute Gasteiger partial charge is 0.492 e. The Morgan fingerprint density at radius 1 is 1.38 bits per heavy atom. The van der Waals surface area contributed by atoms with E-state index in [4.69, 9.17) is 4.74 Å². The Balaban J connectivity index is 1.57. The van der Waals surface area contributed by atoms with Crippen LogP contribution in [0.5, 0.6) is 5.75 Å². The maximum absolute atomic E-state index is 11.5. The fourth-order valence-corrected chi connectivity index (χ4v) is 2.88. The smallest absolute Gasteiger partial charge is 0.275 e. The van der Waals surface area contributed by atoms with Crippen LogP contribution >= 0.6 is 27.3 Å². The van der Waals surface area contributed by atoms with Crippen LogP contribution in [0.2, 0.25) is 0 Å². The Labute approximate surface area is 132 Å². The number of anilines is 1. The Bertz CT molecular complexity index is 817. The van der Waals surface area contributed by atoms with Gasteiger partial charge in [0.2, 0.25) is 10.1 Å². The van der Waals surface area contributed by atoms with Crippen LogP contribution in [-0.2, 0) is 0 Å². The van der Waals surface area contributed by atoms with Gasteiger partial charge in [-0.05, 0) is 18.2 Å². The van der Waals surface area contributed by atoms with Crippen LogP contribution < -0.4 is 15.6 Å². The molecule has 0 atom stereocenters. The number of rotatable bonds is 5. The topological polar surface area (TPSA) is 68.5 Å². The molecule has 0 aliphatic carbocycles. The van der Waals surface area contributed by atoms with Gasteiger partial charge in [0, 0.05) is 16.7 Å². The summed E-state index contributed by atoms with van der Waals surface area (Å²) in [7, 11) is 0. The average Bonchev–Trinajstić information content (AvgIpc) is 2.88. The van der Waals surface area contributed by atoms with Gasteiger partial charge in [-0.2, -0.15) is 4.52 Å². The molecule has 0 radical (unpaired) electrons. The number of hydrogen-bond donors (Lipinski definition) is 1. The van der Waals surface area contributed by atoms with Crippen molar-refractivity contribution in [1.29, 1.82) is 0 Å². The van der Waals surface area contributed by atoms with E-state index in [1.165, 1.54) is 28.1 Å². The minimum Gasteiger partial charge on any atom is -0.492 e. The Hall–Kier alpha value is -1.93. The number of hydrogen-bond acceptors (Lipinski definition) is 6. The fraction of sp³-hybridized carbons (Fsp3) is 0.154. The molecule has 21 heavy (non-hydrogen) atoms. The van der Waals surface area contributed by atoms with E-state index in [9.17, 15) is 4.79 Å². The molecule has 0 saturated carbocycles. The van der Waals surface area contributed by atoms with E-state index < -0.39 is 0 Å². The van der Waals surface area contributed by atoms with E-state index in [0.717, 1.165) is 10.2 Å². The first-order valence-electron chi connectivity index (χ1n) is 6.19. The van der Waals surface area contributed by atoms with E-state index in [2.05, 4.69) is 31.3 Å². The number of nitrogens with zero attached hydrogens (tertiary/aromatic N) is 3. The lowest BCUT2D eigenvalue weighted by Gasteiger charge is -2.06. The average molecular weight is 367 g/mol. The number of benzene rings is 1. The molecule has 1 aromatic carbocycles. The highest BCUT2D eigenvalue weighted by atomic mass is 79.9. The van der Waals surface area contributed by atoms with Gasteiger partial charge in [0.05, 0.1) is 6.54 Å². The maximum atomic E-state index is 11.5. The second kappa shape index (κ2) is 6.23. The first kappa shape index (κ1) is 14.0. The minimum atomic E-state index is -0.185. The molecule has 0 spiro atoms. The first-order chi connectivity index (χ1) is 10.2.